The highest BCUT2D eigenvalue weighted by molar-refractivity contribution is 5.97. The highest BCUT2D eigenvalue weighted by atomic mass is 19.4. The summed E-state index contributed by atoms with van der Waals surface area (Å²) in [4.78, 5) is 31.9. The summed E-state index contributed by atoms with van der Waals surface area (Å²) in [5.74, 6) is -3.92. The van der Waals surface area contributed by atoms with Crippen LogP contribution < -0.4 is 0 Å². The van der Waals surface area contributed by atoms with Gasteiger partial charge in [0.25, 0.3) is 5.91 Å². The van der Waals surface area contributed by atoms with Gasteiger partial charge in [-0.25, -0.2) is 23.2 Å². The quantitative estimate of drug-likeness (QED) is 0.200. The van der Waals surface area contributed by atoms with Gasteiger partial charge in [0.1, 0.15) is 42.5 Å². The summed E-state index contributed by atoms with van der Waals surface area (Å²) in [5.41, 5.74) is -3.39. The molecule has 3 atom stereocenters. The minimum atomic E-state index is -4.67. The van der Waals surface area contributed by atoms with Crippen molar-refractivity contribution in [2.75, 3.05) is 0 Å². The average molecular weight is 603 g/mol. The molecule has 4 aromatic rings. The molecular formula is C30H27F5N4O4. The van der Waals surface area contributed by atoms with Crippen LogP contribution in [-0.4, -0.2) is 48.7 Å². The fraction of sp³-hybridized carbons (Fsp3) is 0.267. The average Bonchev–Trinajstić information content (AvgIpc) is 3.48. The molecule has 13 heteroatoms. The number of alkyl halides is 3. The molecule has 3 aromatic carbocycles. The van der Waals surface area contributed by atoms with Crippen LogP contribution in [0.4, 0.5) is 22.0 Å². The molecule has 226 valence electrons. The lowest BCUT2D eigenvalue weighted by molar-refractivity contribution is -0.153. The second kappa shape index (κ2) is 12.7. The summed E-state index contributed by atoms with van der Waals surface area (Å²) in [6, 6.07) is 11.5. The van der Waals surface area contributed by atoms with Crippen LogP contribution in [0.3, 0.4) is 0 Å². The van der Waals surface area contributed by atoms with Crippen LogP contribution in [-0.2, 0) is 34.5 Å². The van der Waals surface area contributed by atoms with Crippen LogP contribution in [0.25, 0.3) is 0 Å². The Morgan fingerprint density at radius 3 is 2.26 bits per heavy atom. The van der Waals surface area contributed by atoms with Crippen molar-refractivity contribution in [1.29, 1.82) is 0 Å². The number of hydrogen-bond acceptors (Lipinski definition) is 6. The molecule has 0 saturated heterocycles. The molecule has 0 aliphatic carbocycles. The summed E-state index contributed by atoms with van der Waals surface area (Å²) in [6.07, 6.45) is -2.29. The number of amides is 1. The van der Waals surface area contributed by atoms with E-state index in [2.05, 4.69) is 10.1 Å². The standard InChI is InChI=1S/C30H27F5N4O4/c1-19(28(41)43-15-21-6-4-3-5-7-21)39(27(40)22-8-10-23(11-9-22)30(33,34)35)20(2)29(42,16-38-18-36-17-37-38)25-13-12-24(31)14-26(25)32/h3-14,17-20,42H,15-16H2,1-2H3/t19?,20-,29-/m1/s1. The highest BCUT2D eigenvalue weighted by Crippen LogP contribution is 2.35. The van der Waals surface area contributed by atoms with E-state index in [1.165, 1.54) is 20.2 Å². The second-order valence-electron chi connectivity index (χ2n) is 9.87. The maximum absolute atomic E-state index is 15.2. The third-order valence-electron chi connectivity index (χ3n) is 7.05. The molecule has 0 aliphatic heterocycles. The predicted octanol–water partition coefficient (Wildman–Crippen LogP) is 5.13. The Labute approximate surface area is 243 Å². The van der Waals surface area contributed by atoms with E-state index in [4.69, 9.17) is 4.74 Å². The number of rotatable bonds is 10. The number of benzene rings is 3. The number of carbonyl (C=O) groups excluding carboxylic acids is 2. The van der Waals surface area contributed by atoms with Gasteiger partial charge in [0.15, 0.2) is 0 Å². The molecule has 1 aromatic heterocycles. The molecule has 0 aliphatic rings. The zero-order valence-corrected chi connectivity index (χ0v) is 23.0. The monoisotopic (exact) mass is 602 g/mol. The molecule has 43 heavy (non-hydrogen) atoms. The van der Waals surface area contributed by atoms with E-state index in [1.54, 1.807) is 30.3 Å². The van der Waals surface area contributed by atoms with Crippen LogP contribution in [0, 0.1) is 11.6 Å². The molecule has 0 spiro atoms. The Bertz CT molecular complexity index is 1550. The molecule has 1 unspecified atom stereocenters. The lowest BCUT2D eigenvalue weighted by Gasteiger charge is -2.43. The van der Waals surface area contributed by atoms with Crippen LogP contribution >= 0.6 is 0 Å². The van der Waals surface area contributed by atoms with Crippen molar-refractivity contribution in [3.63, 3.8) is 0 Å². The van der Waals surface area contributed by atoms with Gasteiger partial charge < -0.3 is 14.7 Å². The summed E-state index contributed by atoms with van der Waals surface area (Å²) >= 11 is 0. The van der Waals surface area contributed by atoms with Crippen molar-refractivity contribution in [2.45, 2.75) is 50.9 Å². The number of aliphatic hydroxyl groups is 1. The molecule has 8 nitrogen and oxygen atoms in total. The van der Waals surface area contributed by atoms with E-state index in [-0.39, 0.29) is 12.2 Å². The normalized spacial score (nSPS) is 14.4. The number of hydrogen-bond donors (Lipinski definition) is 1. The smallest absolute Gasteiger partial charge is 0.416 e. The van der Waals surface area contributed by atoms with E-state index in [0.717, 1.165) is 40.2 Å². The second-order valence-corrected chi connectivity index (χ2v) is 9.87. The lowest BCUT2D eigenvalue weighted by atomic mass is 9.84. The topological polar surface area (TPSA) is 97.6 Å². The number of carbonyl (C=O) groups is 2. The maximum atomic E-state index is 15.2. The summed E-state index contributed by atoms with van der Waals surface area (Å²) in [6.45, 7) is 1.97. The summed E-state index contributed by atoms with van der Waals surface area (Å²) < 4.78 is 75.2. The fourth-order valence-corrected chi connectivity index (χ4v) is 4.68. The number of halogens is 5. The molecule has 1 heterocycles. The number of nitrogens with zero attached hydrogens (tertiary/aromatic N) is 4. The Balaban J connectivity index is 1.77. The number of aromatic nitrogens is 3. The Morgan fingerprint density at radius 1 is 1.00 bits per heavy atom. The van der Waals surface area contributed by atoms with E-state index >= 15 is 4.39 Å². The molecule has 0 fully saturated rings. The third kappa shape index (κ3) is 7.05. The molecular weight excluding hydrogens is 575 g/mol. The first-order valence-electron chi connectivity index (χ1n) is 13.0. The SMILES string of the molecule is CC(C(=O)OCc1ccccc1)N(C(=O)c1ccc(C(F)(F)F)cc1)[C@H](C)[C@](O)(Cn1cncn1)c1ccc(F)cc1F. The number of esters is 1. The van der Waals surface area contributed by atoms with Gasteiger partial charge >= 0.3 is 12.1 Å². The Morgan fingerprint density at radius 2 is 1.67 bits per heavy atom. The van der Waals surface area contributed by atoms with Gasteiger partial charge in [0, 0.05) is 17.2 Å². The third-order valence-corrected chi connectivity index (χ3v) is 7.05. The van der Waals surface area contributed by atoms with Crippen molar-refractivity contribution in [1.82, 2.24) is 19.7 Å². The van der Waals surface area contributed by atoms with Gasteiger partial charge in [-0.15, -0.1) is 0 Å². The fourth-order valence-electron chi connectivity index (χ4n) is 4.68. The van der Waals surface area contributed by atoms with Gasteiger partial charge in [-0.05, 0) is 49.7 Å². The summed E-state index contributed by atoms with van der Waals surface area (Å²) in [7, 11) is 0. The van der Waals surface area contributed by atoms with Gasteiger partial charge in [-0.2, -0.15) is 18.3 Å². The van der Waals surface area contributed by atoms with Crippen molar-refractivity contribution in [2.24, 2.45) is 0 Å². The van der Waals surface area contributed by atoms with E-state index in [1.807, 2.05) is 0 Å². The summed E-state index contributed by atoms with van der Waals surface area (Å²) in [5, 5.41) is 16.0. The molecule has 0 saturated carbocycles. The van der Waals surface area contributed by atoms with Crippen LogP contribution in [0.5, 0.6) is 0 Å². The first-order chi connectivity index (χ1) is 20.3. The maximum Gasteiger partial charge on any atom is 0.416 e. The molecule has 0 bridgehead atoms. The van der Waals surface area contributed by atoms with E-state index in [9.17, 15) is 32.3 Å². The highest BCUT2D eigenvalue weighted by Gasteiger charge is 2.46. The Kier molecular flexibility index (Phi) is 9.24. The predicted molar refractivity (Wildman–Crippen MR) is 143 cm³/mol. The molecule has 1 N–H and O–H groups in total. The molecule has 4 rings (SSSR count). The van der Waals surface area contributed by atoms with Gasteiger partial charge in [-0.1, -0.05) is 36.4 Å². The first-order valence-corrected chi connectivity index (χ1v) is 13.0. The lowest BCUT2D eigenvalue weighted by Crippen LogP contribution is -2.58. The molecule has 0 radical (unpaired) electrons. The van der Waals surface area contributed by atoms with Crippen molar-refractivity contribution < 1.29 is 41.4 Å². The first kappa shape index (κ1) is 31.3. The van der Waals surface area contributed by atoms with Gasteiger partial charge in [-0.3, -0.25) is 4.79 Å². The van der Waals surface area contributed by atoms with Gasteiger partial charge in [0.05, 0.1) is 18.2 Å². The number of ether oxygens (including phenoxy) is 1. The van der Waals surface area contributed by atoms with Gasteiger partial charge in [0.2, 0.25) is 0 Å². The van der Waals surface area contributed by atoms with E-state index < -0.39 is 65.0 Å². The van der Waals surface area contributed by atoms with Crippen LogP contribution in [0.15, 0.2) is 85.5 Å². The minimum Gasteiger partial charge on any atom is -0.459 e. The zero-order chi connectivity index (χ0) is 31.4. The van der Waals surface area contributed by atoms with Crippen molar-refractivity contribution >= 4 is 11.9 Å². The van der Waals surface area contributed by atoms with Crippen molar-refractivity contribution in [3.8, 4) is 0 Å². The van der Waals surface area contributed by atoms with Crippen LogP contribution in [0.2, 0.25) is 0 Å². The molecule has 1 amide bonds. The zero-order valence-electron chi connectivity index (χ0n) is 23.0. The van der Waals surface area contributed by atoms with Crippen LogP contribution in [0.1, 0.15) is 40.9 Å². The Hall–Kier alpha value is -4.65. The van der Waals surface area contributed by atoms with Crippen molar-refractivity contribution in [3.05, 3.63) is 119 Å². The minimum absolute atomic E-state index is 0.156. The van der Waals surface area contributed by atoms with E-state index in [0.29, 0.717) is 23.8 Å². The largest absolute Gasteiger partial charge is 0.459 e.